The summed E-state index contributed by atoms with van der Waals surface area (Å²) in [4.78, 5) is 0. The summed E-state index contributed by atoms with van der Waals surface area (Å²) in [6, 6.07) is 0. The molecule has 0 spiro atoms. The number of nitrogens with zero attached hydrogens (tertiary/aromatic N) is 2. The molecule has 0 N–H and O–H groups in total. The van der Waals surface area contributed by atoms with Crippen LogP contribution in [0.4, 0.5) is 0 Å². The molecule has 0 bridgehead atoms. The van der Waals surface area contributed by atoms with Crippen LogP contribution >= 0.6 is 0 Å². The summed E-state index contributed by atoms with van der Waals surface area (Å²) in [5, 5.41) is 0. The van der Waals surface area contributed by atoms with E-state index in [1.807, 2.05) is 0 Å². The first kappa shape index (κ1) is 19.9. The topological polar surface area (TPSA) is 9.23 Å². The molecule has 0 aromatic carbocycles. The van der Waals surface area contributed by atoms with Crippen molar-refractivity contribution >= 4 is 0 Å². The van der Waals surface area contributed by atoms with Gasteiger partial charge in [0.2, 0.25) is 0 Å². The monoisotopic (exact) mass is 288 g/mol. The number of ether oxygens (including phenoxy) is 1. The summed E-state index contributed by atoms with van der Waals surface area (Å²) >= 11 is 0. The lowest BCUT2D eigenvalue weighted by atomic mass is 10.0. The zero-order valence-electron chi connectivity index (χ0n) is 15.6. The first-order valence-corrected chi connectivity index (χ1v) is 8.09. The van der Waals surface area contributed by atoms with Gasteiger partial charge in [-0.25, -0.2) is 0 Å². The molecule has 0 aromatic rings. The van der Waals surface area contributed by atoms with Crippen molar-refractivity contribution in [3.8, 4) is 0 Å². The molecule has 20 heavy (non-hydrogen) atoms. The molecule has 0 amide bonds. The number of hydrogen-bond acceptors (Lipinski definition) is 1. The predicted molar refractivity (Wildman–Crippen MR) is 88.8 cm³/mol. The van der Waals surface area contributed by atoms with E-state index in [0.717, 1.165) is 34.5 Å². The summed E-state index contributed by atoms with van der Waals surface area (Å²) in [6.07, 6.45) is 2.42. The van der Waals surface area contributed by atoms with Gasteiger partial charge in [-0.2, -0.15) is 0 Å². The molecule has 0 atom stereocenters. The second-order valence-electron chi connectivity index (χ2n) is 8.94. The summed E-state index contributed by atoms with van der Waals surface area (Å²) in [7, 11) is 11.3. The van der Waals surface area contributed by atoms with Crippen LogP contribution in [0.3, 0.4) is 0 Å². The first-order chi connectivity index (χ1) is 8.83. The summed E-state index contributed by atoms with van der Waals surface area (Å²) in [5.41, 5.74) is -0.0114. The van der Waals surface area contributed by atoms with Crippen LogP contribution in [0.1, 0.15) is 40.5 Å². The smallest absolute Gasteiger partial charge is 0.102 e. The summed E-state index contributed by atoms with van der Waals surface area (Å²) in [5.74, 6) is 0.793. The summed E-state index contributed by atoms with van der Waals surface area (Å²) in [6.45, 7) is 13.4. The molecule has 0 aliphatic heterocycles. The lowest BCUT2D eigenvalue weighted by Gasteiger charge is -2.35. The third-order valence-electron chi connectivity index (χ3n) is 3.89. The van der Waals surface area contributed by atoms with E-state index in [9.17, 15) is 0 Å². The number of quaternary nitrogens is 2. The van der Waals surface area contributed by atoms with E-state index in [4.69, 9.17) is 4.74 Å². The molecule has 3 heteroatoms. The standard InChI is InChI=1S/C17H40N2O/c1-16(2)10-12-19(8,9)13-11-17(3,4)20-15-14-18(5,6)7/h16H,10-15H2,1-9H3/q+2. The van der Waals surface area contributed by atoms with Crippen LogP contribution in [0.25, 0.3) is 0 Å². The normalized spacial score (nSPS) is 14.1. The van der Waals surface area contributed by atoms with E-state index in [-0.39, 0.29) is 5.60 Å². The van der Waals surface area contributed by atoms with E-state index >= 15 is 0 Å². The zero-order valence-corrected chi connectivity index (χ0v) is 15.6. The molecular formula is C17H40N2O+2. The van der Waals surface area contributed by atoms with Gasteiger partial charge in [-0.15, -0.1) is 0 Å². The Labute approximate surface area is 128 Å². The maximum Gasteiger partial charge on any atom is 0.102 e. The van der Waals surface area contributed by atoms with Crippen molar-refractivity contribution in [3.63, 3.8) is 0 Å². The fraction of sp³-hybridized carbons (Fsp3) is 1.00. The number of likely N-dealkylation sites (N-methyl/N-ethyl adjacent to an activating group) is 1. The van der Waals surface area contributed by atoms with Crippen LogP contribution in [-0.2, 0) is 4.74 Å². The Kier molecular flexibility index (Phi) is 7.72. The van der Waals surface area contributed by atoms with Gasteiger partial charge in [-0.05, 0) is 26.2 Å². The molecule has 0 aromatic heterocycles. The zero-order chi connectivity index (χ0) is 16.0. The maximum atomic E-state index is 6.10. The Morgan fingerprint density at radius 3 is 1.90 bits per heavy atom. The molecule has 0 heterocycles. The minimum absolute atomic E-state index is 0.0114. The van der Waals surface area contributed by atoms with Gasteiger partial charge in [0.1, 0.15) is 6.54 Å². The second kappa shape index (κ2) is 7.77. The Balaban J connectivity index is 4.07. The number of rotatable bonds is 10. The highest BCUT2D eigenvalue weighted by molar-refractivity contribution is 4.68. The Hall–Kier alpha value is -0.120. The number of hydrogen-bond donors (Lipinski definition) is 0. The highest BCUT2D eigenvalue weighted by Gasteiger charge is 2.25. The van der Waals surface area contributed by atoms with Gasteiger partial charge in [-0.1, -0.05) is 13.8 Å². The molecular weight excluding hydrogens is 248 g/mol. The van der Waals surface area contributed by atoms with Crippen molar-refractivity contribution in [1.82, 2.24) is 0 Å². The Bertz CT molecular complexity index is 265. The van der Waals surface area contributed by atoms with E-state index in [2.05, 4.69) is 62.9 Å². The van der Waals surface area contributed by atoms with E-state index in [1.54, 1.807) is 0 Å². The fourth-order valence-corrected chi connectivity index (χ4v) is 1.96. The van der Waals surface area contributed by atoms with Gasteiger partial charge in [0.25, 0.3) is 0 Å². The van der Waals surface area contributed by atoms with Gasteiger partial charge in [0.05, 0.1) is 60.5 Å². The van der Waals surface area contributed by atoms with Crippen LogP contribution < -0.4 is 0 Å². The average molecular weight is 289 g/mol. The SMILES string of the molecule is CC(C)CC[N+](C)(C)CCC(C)(C)OCC[N+](C)(C)C. The quantitative estimate of drug-likeness (QED) is 0.562. The van der Waals surface area contributed by atoms with Crippen molar-refractivity contribution in [2.24, 2.45) is 5.92 Å². The maximum absolute atomic E-state index is 6.10. The van der Waals surface area contributed by atoms with Crippen molar-refractivity contribution in [2.75, 3.05) is 61.5 Å². The predicted octanol–water partition coefficient (Wildman–Crippen LogP) is 3.00. The largest absolute Gasteiger partial charge is 0.369 e. The molecule has 0 rings (SSSR count). The van der Waals surface area contributed by atoms with Gasteiger partial charge in [0.15, 0.2) is 0 Å². The van der Waals surface area contributed by atoms with Crippen LogP contribution in [0.2, 0.25) is 0 Å². The van der Waals surface area contributed by atoms with Crippen LogP contribution in [0.5, 0.6) is 0 Å². The fourth-order valence-electron chi connectivity index (χ4n) is 1.96. The van der Waals surface area contributed by atoms with Crippen LogP contribution in [-0.4, -0.2) is 76.0 Å². The molecule has 3 nitrogen and oxygen atoms in total. The second-order valence-corrected chi connectivity index (χ2v) is 8.94. The van der Waals surface area contributed by atoms with E-state index in [0.29, 0.717) is 0 Å². The molecule has 0 saturated carbocycles. The lowest BCUT2D eigenvalue weighted by molar-refractivity contribution is -0.891. The van der Waals surface area contributed by atoms with Crippen molar-refractivity contribution in [2.45, 2.75) is 46.1 Å². The Morgan fingerprint density at radius 2 is 1.45 bits per heavy atom. The molecule has 0 saturated heterocycles. The molecule has 0 unspecified atom stereocenters. The minimum atomic E-state index is -0.0114. The van der Waals surface area contributed by atoms with Crippen LogP contribution in [0, 0.1) is 5.92 Å². The van der Waals surface area contributed by atoms with Crippen molar-refractivity contribution < 1.29 is 13.7 Å². The van der Waals surface area contributed by atoms with Crippen molar-refractivity contribution in [3.05, 3.63) is 0 Å². The van der Waals surface area contributed by atoms with Crippen molar-refractivity contribution in [1.29, 1.82) is 0 Å². The van der Waals surface area contributed by atoms with Gasteiger partial charge < -0.3 is 13.7 Å². The minimum Gasteiger partial charge on any atom is -0.369 e. The average Bonchev–Trinajstić information content (AvgIpc) is 2.22. The molecule has 122 valence electrons. The molecule has 0 fully saturated rings. The van der Waals surface area contributed by atoms with Gasteiger partial charge in [-0.3, -0.25) is 0 Å². The van der Waals surface area contributed by atoms with E-state index < -0.39 is 0 Å². The highest BCUT2D eigenvalue weighted by Crippen LogP contribution is 2.18. The Morgan fingerprint density at radius 1 is 0.900 bits per heavy atom. The third-order valence-corrected chi connectivity index (χ3v) is 3.89. The molecule has 0 radical (unpaired) electrons. The molecule has 0 aliphatic carbocycles. The lowest BCUT2D eigenvalue weighted by Crippen LogP contribution is -2.45. The highest BCUT2D eigenvalue weighted by atomic mass is 16.5. The molecule has 0 aliphatic rings. The van der Waals surface area contributed by atoms with Gasteiger partial charge in [0, 0.05) is 6.42 Å². The van der Waals surface area contributed by atoms with E-state index in [1.165, 1.54) is 19.5 Å². The van der Waals surface area contributed by atoms with Gasteiger partial charge >= 0.3 is 0 Å². The third kappa shape index (κ3) is 11.7. The van der Waals surface area contributed by atoms with Crippen LogP contribution in [0.15, 0.2) is 0 Å². The first-order valence-electron chi connectivity index (χ1n) is 8.09. The summed E-state index contributed by atoms with van der Waals surface area (Å²) < 4.78 is 8.16.